The van der Waals surface area contributed by atoms with Crippen molar-refractivity contribution in [3.8, 4) is 5.75 Å². The molecule has 4 N–H and O–H groups in total. The number of anilines is 1. The average molecular weight is 443 g/mol. The molecule has 2 heterocycles. The van der Waals surface area contributed by atoms with Crippen LogP contribution in [0.3, 0.4) is 0 Å². The summed E-state index contributed by atoms with van der Waals surface area (Å²) in [5, 5.41) is 19.8. The number of nitrogens with two attached hydrogens (primary N) is 1. The second kappa shape index (κ2) is 10.6. The Kier molecular flexibility index (Phi) is 7.83. The quantitative estimate of drug-likeness (QED) is 0.298. The molecule has 174 valence electrons. The summed E-state index contributed by atoms with van der Waals surface area (Å²) in [5.41, 5.74) is 7.79. The van der Waals surface area contributed by atoms with E-state index in [0.29, 0.717) is 11.1 Å². The molecular weight excluding hydrogens is 408 g/mol. The van der Waals surface area contributed by atoms with Crippen molar-refractivity contribution in [2.75, 3.05) is 5.73 Å². The molecule has 1 aromatic carbocycles. The van der Waals surface area contributed by atoms with Gasteiger partial charge in [-0.2, -0.15) is 0 Å². The third-order valence-electron chi connectivity index (χ3n) is 6.30. The number of nitrogen functional groups attached to an aromatic ring is 1. The molecule has 0 bridgehead atoms. The Morgan fingerprint density at radius 3 is 2.22 bits per heavy atom. The smallest absolute Gasteiger partial charge is 0.375 e. The van der Waals surface area contributed by atoms with Crippen LogP contribution < -0.4 is 11.2 Å². The lowest BCUT2D eigenvalue weighted by molar-refractivity contribution is 0.0658. The molecule has 2 aromatic heterocycles. The minimum atomic E-state index is -1.50. The molecule has 3 aromatic rings. The standard InChI is InChI=1S/C25H34N2O5/c1-3-4-5-6-7-8-9-10-11-12-15-27-16(2)20(26)19-18(27)14-13-17-21(28)22(29)24(25(30)31)32-23(17)19/h13-14,29H,3-12,15,26H2,1-2H3,(H,30,31). The fraction of sp³-hybridized carbons (Fsp3) is 0.520. The van der Waals surface area contributed by atoms with Crippen LogP contribution in [0.15, 0.2) is 21.3 Å². The van der Waals surface area contributed by atoms with Gasteiger partial charge in [0.15, 0.2) is 5.58 Å². The summed E-state index contributed by atoms with van der Waals surface area (Å²) in [6.07, 6.45) is 12.5. The summed E-state index contributed by atoms with van der Waals surface area (Å²) in [4.78, 5) is 23.8. The molecule has 0 atom stereocenters. The van der Waals surface area contributed by atoms with E-state index >= 15 is 0 Å². The first kappa shape index (κ1) is 23.7. The Bertz CT molecular complexity index is 1160. The zero-order valence-corrected chi connectivity index (χ0v) is 19.1. The maximum absolute atomic E-state index is 12.5. The monoisotopic (exact) mass is 442 g/mol. The fourth-order valence-corrected chi connectivity index (χ4v) is 4.42. The molecule has 0 unspecified atom stereocenters. The first-order valence-electron chi connectivity index (χ1n) is 11.7. The number of hydrogen-bond donors (Lipinski definition) is 3. The van der Waals surface area contributed by atoms with Crippen molar-refractivity contribution < 1.29 is 19.4 Å². The van der Waals surface area contributed by atoms with Crippen molar-refractivity contribution in [2.45, 2.75) is 84.6 Å². The highest BCUT2D eigenvalue weighted by molar-refractivity contribution is 6.11. The molecular formula is C25H34N2O5. The van der Waals surface area contributed by atoms with Crippen LogP contribution in [0.25, 0.3) is 21.9 Å². The molecule has 0 saturated heterocycles. The second-order valence-corrected chi connectivity index (χ2v) is 8.58. The van der Waals surface area contributed by atoms with Gasteiger partial charge >= 0.3 is 5.97 Å². The number of aromatic nitrogens is 1. The van der Waals surface area contributed by atoms with Crippen LogP contribution in [0.1, 0.15) is 87.4 Å². The van der Waals surface area contributed by atoms with Crippen molar-refractivity contribution in [3.63, 3.8) is 0 Å². The minimum Gasteiger partial charge on any atom is -0.501 e. The average Bonchev–Trinajstić information content (AvgIpc) is 3.02. The van der Waals surface area contributed by atoms with Gasteiger partial charge in [-0.05, 0) is 25.5 Å². The van der Waals surface area contributed by atoms with Crippen molar-refractivity contribution in [1.29, 1.82) is 0 Å². The van der Waals surface area contributed by atoms with Crippen molar-refractivity contribution in [3.05, 3.63) is 33.8 Å². The summed E-state index contributed by atoms with van der Waals surface area (Å²) in [5.74, 6) is -3.17. The zero-order valence-electron chi connectivity index (χ0n) is 19.1. The maximum atomic E-state index is 12.5. The lowest BCUT2D eigenvalue weighted by atomic mass is 10.1. The van der Waals surface area contributed by atoms with Gasteiger partial charge in [0.1, 0.15) is 0 Å². The lowest BCUT2D eigenvalue weighted by Gasteiger charge is -2.09. The number of aryl methyl sites for hydroxylation is 1. The number of benzene rings is 1. The van der Waals surface area contributed by atoms with E-state index in [1.54, 1.807) is 12.1 Å². The van der Waals surface area contributed by atoms with Crippen LogP contribution in [0.5, 0.6) is 5.75 Å². The Balaban J connectivity index is 1.74. The summed E-state index contributed by atoms with van der Waals surface area (Å²) in [6, 6.07) is 3.34. The Morgan fingerprint density at radius 1 is 1.03 bits per heavy atom. The molecule has 0 fully saturated rings. The Labute approximate surface area is 187 Å². The molecule has 0 radical (unpaired) electrons. The SMILES string of the molecule is CCCCCCCCCCCCn1c(C)c(N)c2c3oc(C(=O)O)c(O)c(=O)c3ccc21. The van der Waals surface area contributed by atoms with Crippen LogP contribution in [0, 0.1) is 6.92 Å². The van der Waals surface area contributed by atoms with E-state index in [1.807, 2.05) is 6.92 Å². The fourth-order valence-electron chi connectivity index (χ4n) is 4.42. The van der Waals surface area contributed by atoms with Gasteiger partial charge in [0.25, 0.3) is 5.76 Å². The largest absolute Gasteiger partial charge is 0.501 e. The van der Waals surface area contributed by atoms with Crippen LogP contribution in [-0.2, 0) is 6.54 Å². The van der Waals surface area contributed by atoms with Gasteiger partial charge in [-0.25, -0.2) is 4.79 Å². The number of aromatic carboxylic acids is 1. The van der Waals surface area contributed by atoms with Gasteiger partial charge in [0.2, 0.25) is 11.2 Å². The van der Waals surface area contributed by atoms with Gasteiger partial charge in [0.05, 0.1) is 22.0 Å². The summed E-state index contributed by atoms with van der Waals surface area (Å²) >= 11 is 0. The summed E-state index contributed by atoms with van der Waals surface area (Å²) in [6.45, 7) is 4.93. The number of aromatic hydroxyl groups is 1. The van der Waals surface area contributed by atoms with E-state index in [0.717, 1.165) is 30.6 Å². The van der Waals surface area contributed by atoms with E-state index in [4.69, 9.17) is 10.2 Å². The first-order valence-corrected chi connectivity index (χ1v) is 11.7. The highest BCUT2D eigenvalue weighted by Gasteiger charge is 2.23. The zero-order chi connectivity index (χ0) is 23.3. The number of carbonyl (C=O) groups is 1. The summed E-state index contributed by atoms with van der Waals surface area (Å²) < 4.78 is 7.56. The molecule has 0 saturated carbocycles. The number of unbranched alkanes of at least 4 members (excludes halogenated alkanes) is 9. The van der Waals surface area contributed by atoms with E-state index < -0.39 is 22.9 Å². The van der Waals surface area contributed by atoms with E-state index in [9.17, 15) is 19.8 Å². The van der Waals surface area contributed by atoms with E-state index in [2.05, 4.69) is 11.5 Å². The second-order valence-electron chi connectivity index (χ2n) is 8.58. The Hall–Kier alpha value is -2.96. The number of hydrogen-bond acceptors (Lipinski definition) is 5. The maximum Gasteiger partial charge on any atom is 0.375 e. The molecule has 7 nitrogen and oxygen atoms in total. The van der Waals surface area contributed by atoms with Gasteiger partial charge in [0, 0.05) is 12.2 Å². The van der Waals surface area contributed by atoms with Crippen LogP contribution in [-0.4, -0.2) is 20.7 Å². The number of fused-ring (bicyclic) bond motifs is 3. The highest BCUT2D eigenvalue weighted by atomic mass is 16.4. The molecule has 7 heteroatoms. The van der Waals surface area contributed by atoms with Crippen LogP contribution >= 0.6 is 0 Å². The first-order chi connectivity index (χ1) is 15.4. The van der Waals surface area contributed by atoms with Crippen molar-refractivity contribution >= 4 is 33.5 Å². The molecule has 0 aliphatic carbocycles. The van der Waals surface area contributed by atoms with Gasteiger partial charge in [-0.15, -0.1) is 0 Å². The predicted molar refractivity (Wildman–Crippen MR) is 128 cm³/mol. The summed E-state index contributed by atoms with van der Waals surface area (Å²) in [7, 11) is 0. The highest BCUT2D eigenvalue weighted by Crippen LogP contribution is 2.35. The van der Waals surface area contributed by atoms with Crippen molar-refractivity contribution in [1.82, 2.24) is 4.57 Å². The third kappa shape index (κ3) is 4.76. The molecule has 3 rings (SSSR count). The minimum absolute atomic E-state index is 0.102. The van der Waals surface area contributed by atoms with Gasteiger partial charge in [-0.1, -0.05) is 64.7 Å². The van der Waals surface area contributed by atoms with Crippen molar-refractivity contribution in [2.24, 2.45) is 0 Å². The van der Waals surface area contributed by atoms with Gasteiger partial charge in [-0.3, -0.25) is 4.79 Å². The van der Waals surface area contributed by atoms with Crippen LogP contribution in [0.4, 0.5) is 5.69 Å². The molecule has 0 aliphatic heterocycles. The normalized spacial score (nSPS) is 11.6. The lowest BCUT2D eigenvalue weighted by Crippen LogP contribution is -2.08. The molecule has 0 aliphatic rings. The molecule has 32 heavy (non-hydrogen) atoms. The van der Waals surface area contributed by atoms with Gasteiger partial charge < -0.3 is 24.9 Å². The van der Waals surface area contributed by atoms with E-state index in [1.165, 1.54) is 51.4 Å². The number of nitrogens with zero attached hydrogens (tertiary/aromatic N) is 1. The topological polar surface area (TPSA) is 119 Å². The molecule has 0 amide bonds. The van der Waals surface area contributed by atoms with E-state index in [-0.39, 0.29) is 11.0 Å². The Morgan fingerprint density at radius 2 is 1.62 bits per heavy atom. The number of carboxylic acids is 1. The predicted octanol–water partition coefficient (Wildman–Crippen LogP) is 5.96. The van der Waals surface area contributed by atoms with Crippen LogP contribution in [0.2, 0.25) is 0 Å². The molecule has 0 spiro atoms. The third-order valence-corrected chi connectivity index (χ3v) is 6.30. The number of rotatable bonds is 12. The number of carboxylic acid groups (broad SMARTS) is 1.